The lowest BCUT2D eigenvalue weighted by molar-refractivity contribution is -0.156. The molecule has 1 saturated heterocycles. The Kier molecular flexibility index (Phi) is 7.59. The average molecular weight is 285 g/mol. The van der Waals surface area contributed by atoms with Crippen molar-refractivity contribution < 1.29 is 19.1 Å². The molecule has 1 fully saturated rings. The maximum absolute atomic E-state index is 12.1. The number of carbonyl (C=O) groups is 2. The van der Waals surface area contributed by atoms with Crippen LogP contribution < -0.4 is 0 Å². The van der Waals surface area contributed by atoms with Crippen LogP contribution in [0, 0.1) is 5.92 Å². The monoisotopic (exact) mass is 285 g/mol. The van der Waals surface area contributed by atoms with Gasteiger partial charge in [-0.25, -0.2) is 0 Å². The first-order valence-corrected chi connectivity index (χ1v) is 7.71. The van der Waals surface area contributed by atoms with Gasteiger partial charge in [0.1, 0.15) is 6.04 Å². The third kappa shape index (κ3) is 4.78. The molecular weight excluding hydrogens is 258 g/mol. The standard InChI is InChI=1S/C15H27NO4/c1-4-8-13(15(18)20-6-3)16-10-7-9-12(11-16)14(17)19-5-2/h12-13H,4-11H2,1-3H3/t12-,13?/m1/s1. The minimum atomic E-state index is -0.225. The summed E-state index contributed by atoms with van der Waals surface area (Å²) in [4.78, 5) is 26.0. The summed E-state index contributed by atoms with van der Waals surface area (Å²) in [5.41, 5.74) is 0. The van der Waals surface area contributed by atoms with E-state index in [4.69, 9.17) is 9.47 Å². The van der Waals surface area contributed by atoms with Gasteiger partial charge in [0.2, 0.25) is 0 Å². The van der Waals surface area contributed by atoms with E-state index < -0.39 is 0 Å². The zero-order valence-electron chi connectivity index (χ0n) is 12.9. The number of nitrogens with zero attached hydrogens (tertiary/aromatic N) is 1. The van der Waals surface area contributed by atoms with Crippen LogP contribution in [0.4, 0.5) is 0 Å². The summed E-state index contributed by atoms with van der Waals surface area (Å²) in [5.74, 6) is -0.423. The first-order chi connectivity index (χ1) is 9.63. The fraction of sp³-hybridized carbons (Fsp3) is 0.867. The largest absolute Gasteiger partial charge is 0.466 e. The van der Waals surface area contributed by atoms with E-state index in [-0.39, 0.29) is 23.9 Å². The summed E-state index contributed by atoms with van der Waals surface area (Å²) in [6.45, 7) is 7.94. The number of hydrogen-bond acceptors (Lipinski definition) is 5. The third-order valence-corrected chi connectivity index (χ3v) is 3.63. The molecule has 0 radical (unpaired) electrons. The first-order valence-electron chi connectivity index (χ1n) is 7.71. The van der Waals surface area contributed by atoms with E-state index in [1.807, 2.05) is 13.8 Å². The predicted octanol–water partition coefficient (Wildman–Crippen LogP) is 1.99. The second-order valence-corrected chi connectivity index (χ2v) is 5.14. The lowest BCUT2D eigenvalue weighted by Crippen LogP contribution is -2.49. The molecule has 0 aromatic rings. The van der Waals surface area contributed by atoms with E-state index in [1.165, 1.54) is 0 Å². The van der Waals surface area contributed by atoms with Crippen molar-refractivity contribution in [1.82, 2.24) is 4.90 Å². The number of esters is 2. The Morgan fingerprint density at radius 2 is 1.90 bits per heavy atom. The molecule has 1 aliphatic heterocycles. The smallest absolute Gasteiger partial charge is 0.323 e. The molecule has 1 rings (SSSR count). The highest BCUT2D eigenvalue weighted by Gasteiger charge is 2.33. The first kappa shape index (κ1) is 17.0. The van der Waals surface area contributed by atoms with Gasteiger partial charge < -0.3 is 9.47 Å². The van der Waals surface area contributed by atoms with E-state index in [0.717, 1.165) is 32.2 Å². The van der Waals surface area contributed by atoms with Gasteiger partial charge in [-0.1, -0.05) is 13.3 Å². The fourth-order valence-electron chi connectivity index (χ4n) is 2.70. The van der Waals surface area contributed by atoms with Crippen molar-refractivity contribution in [2.45, 2.75) is 52.5 Å². The Hall–Kier alpha value is -1.10. The molecule has 0 bridgehead atoms. The van der Waals surface area contributed by atoms with E-state index in [9.17, 15) is 9.59 Å². The lowest BCUT2D eigenvalue weighted by Gasteiger charge is -2.36. The molecule has 5 heteroatoms. The number of hydrogen-bond donors (Lipinski definition) is 0. The van der Waals surface area contributed by atoms with Crippen molar-refractivity contribution in [2.24, 2.45) is 5.92 Å². The van der Waals surface area contributed by atoms with Crippen molar-refractivity contribution in [3.63, 3.8) is 0 Å². The highest BCUT2D eigenvalue weighted by atomic mass is 16.5. The molecule has 0 aromatic heterocycles. The molecule has 0 N–H and O–H groups in total. The van der Waals surface area contributed by atoms with E-state index >= 15 is 0 Å². The van der Waals surface area contributed by atoms with E-state index in [2.05, 4.69) is 11.8 Å². The van der Waals surface area contributed by atoms with Gasteiger partial charge in [0.15, 0.2) is 0 Å². The number of carbonyl (C=O) groups excluding carboxylic acids is 2. The highest BCUT2D eigenvalue weighted by Crippen LogP contribution is 2.22. The molecule has 0 aromatic carbocycles. The van der Waals surface area contributed by atoms with Crippen LogP contribution >= 0.6 is 0 Å². The van der Waals surface area contributed by atoms with Crippen LogP contribution in [0.5, 0.6) is 0 Å². The van der Waals surface area contributed by atoms with Crippen LogP contribution in [0.15, 0.2) is 0 Å². The zero-order chi connectivity index (χ0) is 15.0. The van der Waals surface area contributed by atoms with Crippen LogP contribution in [0.2, 0.25) is 0 Å². The van der Waals surface area contributed by atoms with Crippen molar-refractivity contribution in [3.8, 4) is 0 Å². The van der Waals surface area contributed by atoms with Crippen molar-refractivity contribution >= 4 is 11.9 Å². The Morgan fingerprint density at radius 3 is 2.50 bits per heavy atom. The van der Waals surface area contributed by atoms with Crippen LogP contribution in [-0.2, 0) is 19.1 Å². The van der Waals surface area contributed by atoms with Gasteiger partial charge in [-0.3, -0.25) is 14.5 Å². The summed E-state index contributed by atoms with van der Waals surface area (Å²) >= 11 is 0. The summed E-state index contributed by atoms with van der Waals surface area (Å²) in [6, 6.07) is -0.225. The molecular formula is C15H27NO4. The molecule has 20 heavy (non-hydrogen) atoms. The zero-order valence-corrected chi connectivity index (χ0v) is 12.9. The number of ether oxygens (including phenoxy) is 2. The molecule has 1 heterocycles. The number of piperidine rings is 1. The second kappa shape index (κ2) is 8.95. The number of likely N-dealkylation sites (tertiary alicyclic amines) is 1. The molecule has 116 valence electrons. The molecule has 0 spiro atoms. The Labute approximate surface area is 121 Å². The van der Waals surface area contributed by atoms with Gasteiger partial charge >= 0.3 is 11.9 Å². The second-order valence-electron chi connectivity index (χ2n) is 5.14. The maximum Gasteiger partial charge on any atom is 0.323 e. The van der Waals surface area contributed by atoms with Gasteiger partial charge in [-0.15, -0.1) is 0 Å². The SMILES string of the molecule is CCCC(C(=O)OCC)N1CCC[C@@H](C(=O)OCC)C1. The minimum Gasteiger partial charge on any atom is -0.466 e. The van der Waals surface area contributed by atoms with E-state index in [0.29, 0.717) is 19.8 Å². The minimum absolute atomic E-state index is 0.113. The summed E-state index contributed by atoms with van der Waals surface area (Å²) in [7, 11) is 0. The molecule has 1 aliphatic rings. The normalized spacial score (nSPS) is 21.2. The molecule has 1 unspecified atom stereocenters. The van der Waals surface area contributed by atoms with Gasteiger partial charge in [0.25, 0.3) is 0 Å². The summed E-state index contributed by atoms with van der Waals surface area (Å²) in [5, 5.41) is 0. The van der Waals surface area contributed by atoms with E-state index in [1.54, 1.807) is 0 Å². The van der Waals surface area contributed by atoms with Gasteiger partial charge in [0.05, 0.1) is 19.1 Å². The van der Waals surface area contributed by atoms with Crippen LogP contribution in [-0.4, -0.2) is 49.2 Å². The molecule has 0 aliphatic carbocycles. The van der Waals surface area contributed by atoms with Crippen molar-refractivity contribution in [2.75, 3.05) is 26.3 Å². The summed E-state index contributed by atoms with van der Waals surface area (Å²) < 4.78 is 10.3. The Morgan fingerprint density at radius 1 is 1.20 bits per heavy atom. The van der Waals surface area contributed by atoms with Crippen LogP contribution in [0.3, 0.4) is 0 Å². The van der Waals surface area contributed by atoms with Crippen molar-refractivity contribution in [3.05, 3.63) is 0 Å². The topological polar surface area (TPSA) is 55.8 Å². The Balaban J connectivity index is 2.65. The van der Waals surface area contributed by atoms with Crippen LogP contribution in [0.25, 0.3) is 0 Å². The highest BCUT2D eigenvalue weighted by molar-refractivity contribution is 5.76. The molecule has 0 amide bonds. The predicted molar refractivity (Wildman–Crippen MR) is 76.3 cm³/mol. The summed E-state index contributed by atoms with van der Waals surface area (Å²) in [6.07, 6.45) is 3.46. The van der Waals surface area contributed by atoms with Gasteiger partial charge in [-0.05, 0) is 39.7 Å². The molecule has 5 nitrogen and oxygen atoms in total. The fourth-order valence-corrected chi connectivity index (χ4v) is 2.70. The van der Waals surface area contributed by atoms with Crippen molar-refractivity contribution in [1.29, 1.82) is 0 Å². The molecule has 0 saturated carbocycles. The Bertz CT molecular complexity index is 319. The average Bonchev–Trinajstić information content (AvgIpc) is 2.45. The lowest BCUT2D eigenvalue weighted by atomic mass is 9.95. The molecule has 2 atom stereocenters. The number of rotatable bonds is 7. The third-order valence-electron chi connectivity index (χ3n) is 3.63. The quantitative estimate of drug-likeness (QED) is 0.670. The maximum atomic E-state index is 12.1. The van der Waals surface area contributed by atoms with Crippen LogP contribution in [0.1, 0.15) is 46.5 Å². The van der Waals surface area contributed by atoms with Gasteiger partial charge in [0, 0.05) is 6.54 Å². The van der Waals surface area contributed by atoms with Gasteiger partial charge in [-0.2, -0.15) is 0 Å².